The zero-order valence-electron chi connectivity index (χ0n) is 15.8. The van der Waals surface area contributed by atoms with Gasteiger partial charge in [0.05, 0.1) is 18.8 Å². The Hall–Kier alpha value is -2.62. The van der Waals surface area contributed by atoms with Crippen LogP contribution in [0.5, 0.6) is 0 Å². The van der Waals surface area contributed by atoms with Crippen LogP contribution in [0.25, 0.3) is 0 Å². The van der Waals surface area contributed by atoms with Gasteiger partial charge in [0.15, 0.2) is 0 Å². The number of imidazole rings is 1. The molecule has 3 amide bonds. The summed E-state index contributed by atoms with van der Waals surface area (Å²) in [5, 5.41) is 2.55. The molecule has 4 heterocycles. The first-order valence-electron chi connectivity index (χ1n) is 9.63. The highest BCUT2D eigenvalue weighted by atomic mass is 16.5. The molecule has 10 nitrogen and oxygen atoms in total. The summed E-state index contributed by atoms with van der Waals surface area (Å²) in [4.78, 5) is 56.3. The molecule has 3 aliphatic heterocycles. The van der Waals surface area contributed by atoms with E-state index in [1.54, 1.807) is 4.90 Å². The largest absolute Gasteiger partial charge is 0.371 e. The fourth-order valence-corrected chi connectivity index (χ4v) is 4.84. The smallest absolute Gasteiger partial charge is 0.323 e. The standard InChI is InChI=1S/C18H25N5O5/c1-11(24)19-9-15(25)22-4-5-28-18(10-22)6-12-2-3-13(7-18)23(12)16(26)14-8-20-17(27)21-14/h8,12-13H,2-7,9-10H2,1H3,(H,19,24)(H2,20,21,27)/t12-,13+,18?. The van der Waals surface area contributed by atoms with E-state index in [-0.39, 0.29) is 42.0 Å². The van der Waals surface area contributed by atoms with Gasteiger partial charge in [-0.25, -0.2) is 4.79 Å². The lowest BCUT2D eigenvalue weighted by Gasteiger charge is -2.50. The van der Waals surface area contributed by atoms with Crippen molar-refractivity contribution in [3.05, 3.63) is 22.4 Å². The molecule has 10 heteroatoms. The molecule has 1 aromatic heterocycles. The maximum Gasteiger partial charge on any atom is 0.323 e. The number of piperidine rings is 1. The van der Waals surface area contributed by atoms with Crippen LogP contribution in [0.4, 0.5) is 0 Å². The van der Waals surface area contributed by atoms with E-state index in [0.29, 0.717) is 32.5 Å². The van der Waals surface area contributed by atoms with Gasteiger partial charge in [0.25, 0.3) is 5.91 Å². The fraction of sp³-hybridized carbons (Fsp3) is 0.667. The normalized spacial score (nSPS) is 29.2. The number of aromatic amines is 2. The van der Waals surface area contributed by atoms with Crippen molar-refractivity contribution >= 4 is 17.7 Å². The highest BCUT2D eigenvalue weighted by Crippen LogP contribution is 2.44. The van der Waals surface area contributed by atoms with Gasteiger partial charge in [0, 0.05) is 38.3 Å². The van der Waals surface area contributed by atoms with E-state index in [4.69, 9.17) is 4.74 Å². The highest BCUT2D eigenvalue weighted by molar-refractivity contribution is 5.92. The number of morpholine rings is 1. The van der Waals surface area contributed by atoms with Crippen LogP contribution in [0.2, 0.25) is 0 Å². The van der Waals surface area contributed by atoms with Crippen molar-refractivity contribution in [1.29, 1.82) is 0 Å². The molecule has 28 heavy (non-hydrogen) atoms. The third-order valence-corrected chi connectivity index (χ3v) is 5.99. The van der Waals surface area contributed by atoms with E-state index in [2.05, 4.69) is 15.3 Å². The number of nitrogens with zero attached hydrogens (tertiary/aromatic N) is 2. The molecule has 0 aliphatic carbocycles. The summed E-state index contributed by atoms with van der Waals surface area (Å²) in [6.45, 7) is 2.80. The Morgan fingerprint density at radius 3 is 2.61 bits per heavy atom. The Morgan fingerprint density at radius 2 is 2.00 bits per heavy atom. The first-order chi connectivity index (χ1) is 13.4. The Balaban J connectivity index is 1.45. The average molecular weight is 391 g/mol. The number of carbonyl (C=O) groups excluding carboxylic acids is 3. The van der Waals surface area contributed by atoms with Crippen LogP contribution in [0, 0.1) is 0 Å². The summed E-state index contributed by atoms with van der Waals surface area (Å²) in [6.07, 6.45) is 4.50. The number of carbonyl (C=O) groups is 3. The number of H-pyrrole nitrogens is 2. The van der Waals surface area contributed by atoms with Crippen LogP contribution >= 0.6 is 0 Å². The molecule has 0 aromatic carbocycles. The number of hydrogen-bond donors (Lipinski definition) is 3. The molecule has 0 radical (unpaired) electrons. The zero-order valence-corrected chi connectivity index (χ0v) is 15.8. The molecule has 1 unspecified atom stereocenters. The van der Waals surface area contributed by atoms with Gasteiger partial charge in [-0.2, -0.15) is 0 Å². The van der Waals surface area contributed by atoms with Crippen molar-refractivity contribution < 1.29 is 19.1 Å². The lowest BCUT2D eigenvalue weighted by atomic mass is 9.84. The maximum absolute atomic E-state index is 12.9. The summed E-state index contributed by atoms with van der Waals surface area (Å²) in [7, 11) is 0. The van der Waals surface area contributed by atoms with E-state index in [1.807, 2.05) is 4.90 Å². The Morgan fingerprint density at radius 1 is 1.29 bits per heavy atom. The number of fused-ring (bicyclic) bond motifs is 2. The van der Waals surface area contributed by atoms with Crippen molar-refractivity contribution in [2.45, 2.75) is 50.3 Å². The molecule has 3 aliphatic rings. The van der Waals surface area contributed by atoms with Crippen molar-refractivity contribution in [1.82, 2.24) is 25.1 Å². The van der Waals surface area contributed by atoms with Gasteiger partial charge in [-0.15, -0.1) is 0 Å². The number of aromatic nitrogens is 2. The summed E-state index contributed by atoms with van der Waals surface area (Å²) in [6, 6.07) is 0.0464. The van der Waals surface area contributed by atoms with Crippen LogP contribution in [0.15, 0.2) is 11.0 Å². The third kappa shape index (κ3) is 3.44. The van der Waals surface area contributed by atoms with E-state index in [9.17, 15) is 19.2 Å². The van der Waals surface area contributed by atoms with Gasteiger partial charge in [-0.05, 0) is 25.7 Å². The third-order valence-electron chi connectivity index (χ3n) is 5.99. The second-order valence-electron chi connectivity index (χ2n) is 7.92. The van der Waals surface area contributed by atoms with Gasteiger partial charge < -0.3 is 29.8 Å². The fourth-order valence-electron chi connectivity index (χ4n) is 4.84. The van der Waals surface area contributed by atoms with Gasteiger partial charge >= 0.3 is 5.69 Å². The Kier molecular flexibility index (Phi) is 4.74. The van der Waals surface area contributed by atoms with Crippen LogP contribution in [0.3, 0.4) is 0 Å². The van der Waals surface area contributed by atoms with Crippen LogP contribution in [-0.2, 0) is 14.3 Å². The molecular weight excluding hydrogens is 366 g/mol. The quantitative estimate of drug-likeness (QED) is 0.622. The van der Waals surface area contributed by atoms with Crippen molar-refractivity contribution in [3.8, 4) is 0 Å². The first-order valence-corrected chi connectivity index (χ1v) is 9.63. The molecule has 3 fully saturated rings. The minimum atomic E-state index is -0.460. The van der Waals surface area contributed by atoms with E-state index >= 15 is 0 Å². The summed E-state index contributed by atoms with van der Waals surface area (Å²) >= 11 is 0. The number of amides is 3. The maximum atomic E-state index is 12.9. The van der Waals surface area contributed by atoms with Gasteiger partial charge in [-0.1, -0.05) is 0 Å². The predicted molar refractivity (Wildman–Crippen MR) is 97.6 cm³/mol. The number of rotatable bonds is 3. The number of hydrogen-bond acceptors (Lipinski definition) is 5. The minimum absolute atomic E-state index is 0.0102. The van der Waals surface area contributed by atoms with Crippen LogP contribution in [0.1, 0.15) is 43.1 Å². The van der Waals surface area contributed by atoms with Gasteiger partial charge in [0.2, 0.25) is 11.8 Å². The lowest BCUT2D eigenvalue weighted by Crippen LogP contribution is -2.62. The monoisotopic (exact) mass is 391 g/mol. The van der Waals surface area contributed by atoms with Crippen molar-refractivity contribution in [2.75, 3.05) is 26.2 Å². The summed E-state index contributed by atoms with van der Waals surface area (Å²) in [5.41, 5.74) is -0.583. The zero-order chi connectivity index (χ0) is 19.9. The van der Waals surface area contributed by atoms with Crippen molar-refractivity contribution in [2.24, 2.45) is 0 Å². The lowest BCUT2D eigenvalue weighted by molar-refractivity contribution is -0.163. The molecular formula is C18H25N5O5. The Labute approximate surface area is 161 Å². The van der Waals surface area contributed by atoms with E-state index in [1.165, 1.54) is 13.1 Å². The molecule has 1 spiro atoms. The summed E-state index contributed by atoms with van der Waals surface area (Å²) < 4.78 is 6.15. The van der Waals surface area contributed by atoms with Gasteiger partial charge in [-0.3, -0.25) is 14.4 Å². The number of ether oxygens (including phenoxy) is 1. The Bertz CT molecular complexity index is 831. The van der Waals surface area contributed by atoms with E-state index in [0.717, 1.165) is 12.8 Å². The molecule has 3 saturated heterocycles. The second-order valence-corrected chi connectivity index (χ2v) is 7.92. The topological polar surface area (TPSA) is 128 Å². The van der Waals surface area contributed by atoms with Crippen LogP contribution in [-0.4, -0.2) is 81.4 Å². The highest BCUT2D eigenvalue weighted by Gasteiger charge is 2.52. The van der Waals surface area contributed by atoms with Crippen LogP contribution < -0.4 is 11.0 Å². The molecule has 3 N–H and O–H groups in total. The summed E-state index contributed by atoms with van der Waals surface area (Å²) in [5.74, 6) is -0.521. The SMILES string of the molecule is CC(=O)NCC(=O)N1CCOC2(C[C@H]3CC[C@@H](C2)N3C(=O)c2c[nH]c(=O)[nH]2)C1. The number of nitrogens with one attached hydrogen (secondary N) is 3. The molecule has 1 aromatic rings. The molecule has 2 bridgehead atoms. The van der Waals surface area contributed by atoms with Gasteiger partial charge in [0.1, 0.15) is 5.69 Å². The molecule has 3 atom stereocenters. The van der Waals surface area contributed by atoms with Crippen molar-refractivity contribution in [3.63, 3.8) is 0 Å². The molecule has 0 saturated carbocycles. The predicted octanol–water partition coefficient (Wildman–Crippen LogP) is -0.796. The van der Waals surface area contributed by atoms with E-state index < -0.39 is 11.3 Å². The minimum Gasteiger partial charge on any atom is -0.371 e. The second kappa shape index (κ2) is 7.08. The molecule has 152 valence electrons. The molecule has 4 rings (SSSR count). The first kappa shape index (κ1) is 18.7. The average Bonchev–Trinajstić information content (AvgIpc) is 3.21.